The quantitative estimate of drug-likeness (QED) is 0.612. The van der Waals surface area contributed by atoms with Gasteiger partial charge in [-0.05, 0) is 25.7 Å². The molecular weight excluding hydrogens is 285 g/mol. The van der Waals surface area contributed by atoms with Gasteiger partial charge in [0, 0.05) is 25.8 Å². The predicted molar refractivity (Wildman–Crippen MR) is 75.2 cm³/mol. The minimum absolute atomic E-state index is 0.0236. The highest BCUT2D eigenvalue weighted by molar-refractivity contribution is 5.43. The average molecular weight is 306 g/mol. The van der Waals surface area contributed by atoms with Gasteiger partial charge in [0.15, 0.2) is 5.69 Å². The van der Waals surface area contributed by atoms with Gasteiger partial charge in [0.2, 0.25) is 5.95 Å². The number of anilines is 2. The molecule has 0 radical (unpaired) electrons. The molecule has 1 aromatic rings. The van der Waals surface area contributed by atoms with Crippen molar-refractivity contribution in [2.45, 2.75) is 38.8 Å². The fourth-order valence-electron chi connectivity index (χ4n) is 1.63. The maximum absolute atomic E-state index is 12.8. The van der Waals surface area contributed by atoms with Gasteiger partial charge in [0.1, 0.15) is 5.82 Å². The highest BCUT2D eigenvalue weighted by Gasteiger charge is 2.33. The summed E-state index contributed by atoms with van der Waals surface area (Å²) in [6.07, 6.45) is -1.49. The van der Waals surface area contributed by atoms with Gasteiger partial charge in [-0.15, -0.1) is 0 Å². The standard InChI is InChI=1S/C13H21F3N4O/c1-2-6-18-12-19-10(13(14,15)16)9-11(20-12)17-7-4-3-5-8-21/h9,21H,2-8H2,1H3,(H2,17,18,19,20). The Morgan fingerprint density at radius 2 is 1.86 bits per heavy atom. The number of aliphatic hydroxyl groups excluding tert-OH is 1. The first kappa shape index (κ1) is 17.5. The number of hydrogen-bond donors (Lipinski definition) is 3. The van der Waals surface area contributed by atoms with E-state index >= 15 is 0 Å². The zero-order valence-corrected chi connectivity index (χ0v) is 12.0. The number of alkyl halides is 3. The molecule has 0 bridgehead atoms. The molecule has 8 heteroatoms. The maximum Gasteiger partial charge on any atom is 0.433 e. The molecular formula is C13H21F3N4O. The van der Waals surface area contributed by atoms with Crippen molar-refractivity contribution >= 4 is 11.8 Å². The van der Waals surface area contributed by atoms with Crippen LogP contribution in [0, 0.1) is 0 Å². The predicted octanol–water partition coefficient (Wildman–Crippen LogP) is 2.89. The molecule has 0 aliphatic heterocycles. The van der Waals surface area contributed by atoms with Crippen molar-refractivity contribution in [3.63, 3.8) is 0 Å². The summed E-state index contributed by atoms with van der Waals surface area (Å²) in [7, 11) is 0. The van der Waals surface area contributed by atoms with Crippen LogP contribution in [-0.2, 0) is 6.18 Å². The third kappa shape index (κ3) is 6.61. The van der Waals surface area contributed by atoms with Gasteiger partial charge in [-0.3, -0.25) is 0 Å². The van der Waals surface area contributed by atoms with Crippen LogP contribution in [0.4, 0.5) is 24.9 Å². The second-order valence-corrected chi connectivity index (χ2v) is 4.60. The van der Waals surface area contributed by atoms with E-state index in [1.54, 1.807) is 0 Å². The maximum atomic E-state index is 12.8. The summed E-state index contributed by atoms with van der Waals surface area (Å²) in [5, 5.41) is 14.3. The van der Waals surface area contributed by atoms with E-state index in [0.717, 1.165) is 25.3 Å². The lowest BCUT2D eigenvalue weighted by atomic mass is 10.2. The molecule has 0 saturated carbocycles. The number of nitrogens with one attached hydrogen (secondary N) is 2. The van der Waals surface area contributed by atoms with E-state index in [4.69, 9.17) is 5.11 Å². The van der Waals surface area contributed by atoms with Gasteiger partial charge in [-0.2, -0.15) is 18.2 Å². The van der Waals surface area contributed by atoms with Gasteiger partial charge in [0.25, 0.3) is 0 Å². The van der Waals surface area contributed by atoms with Crippen LogP contribution >= 0.6 is 0 Å². The average Bonchev–Trinajstić information content (AvgIpc) is 2.44. The third-order valence-corrected chi connectivity index (χ3v) is 2.69. The van der Waals surface area contributed by atoms with Gasteiger partial charge >= 0.3 is 6.18 Å². The third-order valence-electron chi connectivity index (χ3n) is 2.69. The molecule has 21 heavy (non-hydrogen) atoms. The number of unbranched alkanes of at least 4 members (excludes halogenated alkanes) is 2. The molecule has 0 atom stereocenters. The summed E-state index contributed by atoms with van der Waals surface area (Å²) in [4.78, 5) is 7.50. The second kappa shape index (κ2) is 8.66. The Morgan fingerprint density at radius 3 is 2.48 bits per heavy atom. The molecule has 0 unspecified atom stereocenters. The summed E-state index contributed by atoms with van der Waals surface area (Å²) in [6.45, 7) is 3.04. The number of hydrogen-bond acceptors (Lipinski definition) is 5. The van der Waals surface area contributed by atoms with Crippen molar-refractivity contribution in [2.75, 3.05) is 30.3 Å². The Bertz CT molecular complexity index is 426. The molecule has 0 aliphatic carbocycles. The molecule has 1 heterocycles. The Kier molecular flexibility index (Phi) is 7.21. The van der Waals surface area contributed by atoms with Crippen LogP contribution in [0.3, 0.4) is 0 Å². The smallest absolute Gasteiger partial charge is 0.396 e. The lowest BCUT2D eigenvalue weighted by Crippen LogP contribution is -2.15. The number of aromatic nitrogens is 2. The van der Waals surface area contributed by atoms with Gasteiger partial charge < -0.3 is 15.7 Å². The van der Waals surface area contributed by atoms with Gasteiger partial charge in [-0.25, -0.2) is 4.98 Å². The zero-order chi connectivity index (χ0) is 15.7. The fraction of sp³-hybridized carbons (Fsp3) is 0.692. The first-order valence-corrected chi connectivity index (χ1v) is 7.02. The van der Waals surface area contributed by atoms with Crippen LogP contribution in [-0.4, -0.2) is 34.8 Å². The Balaban J connectivity index is 2.72. The van der Waals surface area contributed by atoms with E-state index in [1.165, 1.54) is 0 Å². The normalized spacial score (nSPS) is 11.5. The van der Waals surface area contributed by atoms with E-state index in [-0.39, 0.29) is 18.4 Å². The zero-order valence-electron chi connectivity index (χ0n) is 12.0. The van der Waals surface area contributed by atoms with Crippen molar-refractivity contribution in [3.8, 4) is 0 Å². The largest absolute Gasteiger partial charge is 0.433 e. The van der Waals surface area contributed by atoms with Crippen LogP contribution in [0.2, 0.25) is 0 Å². The molecule has 0 fully saturated rings. The lowest BCUT2D eigenvalue weighted by Gasteiger charge is -2.12. The van der Waals surface area contributed by atoms with Crippen LogP contribution in [0.1, 0.15) is 38.3 Å². The molecule has 0 saturated heterocycles. The first-order chi connectivity index (χ1) is 9.97. The molecule has 1 aromatic heterocycles. The van der Waals surface area contributed by atoms with Crippen molar-refractivity contribution in [2.24, 2.45) is 0 Å². The minimum Gasteiger partial charge on any atom is -0.396 e. The van der Waals surface area contributed by atoms with Crippen molar-refractivity contribution in [1.29, 1.82) is 0 Å². The van der Waals surface area contributed by atoms with Crippen LogP contribution in [0.5, 0.6) is 0 Å². The number of nitrogens with zero attached hydrogens (tertiary/aromatic N) is 2. The Hall–Kier alpha value is -1.57. The highest BCUT2D eigenvalue weighted by Crippen LogP contribution is 2.29. The Morgan fingerprint density at radius 1 is 1.10 bits per heavy atom. The van der Waals surface area contributed by atoms with Crippen molar-refractivity contribution in [1.82, 2.24) is 9.97 Å². The Labute approximate surface area is 122 Å². The van der Waals surface area contributed by atoms with Crippen molar-refractivity contribution < 1.29 is 18.3 Å². The van der Waals surface area contributed by atoms with E-state index in [1.807, 2.05) is 6.92 Å². The molecule has 0 aromatic carbocycles. The van der Waals surface area contributed by atoms with E-state index in [2.05, 4.69) is 20.6 Å². The van der Waals surface area contributed by atoms with E-state index in [0.29, 0.717) is 19.5 Å². The number of rotatable bonds is 9. The van der Waals surface area contributed by atoms with Crippen LogP contribution < -0.4 is 10.6 Å². The molecule has 0 aliphatic rings. The van der Waals surface area contributed by atoms with Crippen LogP contribution in [0.25, 0.3) is 0 Å². The summed E-state index contributed by atoms with van der Waals surface area (Å²) < 4.78 is 38.4. The fourth-order valence-corrected chi connectivity index (χ4v) is 1.63. The molecule has 1 rings (SSSR count). The number of halogens is 3. The first-order valence-electron chi connectivity index (χ1n) is 7.02. The topological polar surface area (TPSA) is 70.1 Å². The summed E-state index contributed by atoms with van der Waals surface area (Å²) in [5.74, 6) is 0.129. The molecule has 0 amide bonds. The lowest BCUT2D eigenvalue weighted by molar-refractivity contribution is -0.141. The van der Waals surface area contributed by atoms with Gasteiger partial charge in [-0.1, -0.05) is 6.92 Å². The highest BCUT2D eigenvalue weighted by atomic mass is 19.4. The summed E-state index contributed by atoms with van der Waals surface area (Å²) >= 11 is 0. The molecule has 5 nitrogen and oxygen atoms in total. The second-order valence-electron chi connectivity index (χ2n) is 4.60. The molecule has 0 spiro atoms. The van der Waals surface area contributed by atoms with E-state index < -0.39 is 11.9 Å². The minimum atomic E-state index is -4.50. The monoisotopic (exact) mass is 306 g/mol. The summed E-state index contributed by atoms with van der Waals surface area (Å²) in [6, 6.07) is 0.906. The van der Waals surface area contributed by atoms with Crippen molar-refractivity contribution in [3.05, 3.63) is 11.8 Å². The molecule has 120 valence electrons. The van der Waals surface area contributed by atoms with Gasteiger partial charge in [0.05, 0.1) is 0 Å². The summed E-state index contributed by atoms with van der Waals surface area (Å²) in [5.41, 5.74) is -0.964. The van der Waals surface area contributed by atoms with Crippen LogP contribution in [0.15, 0.2) is 6.07 Å². The molecule has 3 N–H and O–H groups in total. The van der Waals surface area contributed by atoms with E-state index in [9.17, 15) is 13.2 Å². The number of aliphatic hydroxyl groups is 1. The SMILES string of the molecule is CCCNc1nc(NCCCCCO)cc(C(F)(F)F)n1.